The Bertz CT molecular complexity index is 965. The molecule has 8 heteroatoms. The van der Waals surface area contributed by atoms with E-state index < -0.39 is 0 Å². The molecule has 0 spiro atoms. The van der Waals surface area contributed by atoms with Gasteiger partial charge in [-0.1, -0.05) is 29.0 Å². The van der Waals surface area contributed by atoms with Gasteiger partial charge in [-0.3, -0.25) is 19.1 Å². The highest BCUT2D eigenvalue weighted by Crippen LogP contribution is 2.29. The maximum absolute atomic E-state index is 12.6. The number of aryl methyl sites for hydroxylation is 1. The topological polar surface area (TPSA) is 54.8 Å². The van der Waals surface area contributed by atoms with Crippen LogP contribution in [0.2, 0.25) is 5.02 Å². The monoisotopic (exact) mass is 449 g/mol. The predicted molar refractivity (Wildman–Crippen MR) is 121 cm³/mol. The highest BCUT2D eigenvalue weighted by Gasteiger charge is 2.36. The number of carbonyl (C=O) groups is 1. The molecule has 0 amide bonds. The second-order valence-corrected chi connectivity index (χ2v) is 9.73. The number of piperazine rings is 1. The summed E-state index contributed by atoms with van der Waals surface area (Å²) in [6, 6.07) is 8.24. The molecule has 30 heavy (non-hydrogen) atoms. The van der Waals surface area contributed by atoms with E-state index in [0.29, 0.717) is 0 Å². The van der Waals surface area contributed by atoms with E-state index in [0.717, 1.165) is 66.7 Å². The summed E-state index contributed by atoms with van der Waals surface area (Å²) in [6.07, 6.45) is 2.91. The quantitative estimate of drug-likeness (QED) is 0.654. The summed E-state index contributed by atoms with van der Waals surface area (Å²) in [6.45, 7) is 7.51. The van der Waals surface area contributed by atoms with Crippen LogP contribution in [0.1, 0.15) is 29.8 Å². The van der Waals surface area contributed by atoms with Crippen molar-refractivity contribution in [2.24, 2.45) is 0 Å². The van der Waals surface area contributed by atoms with E-state index in [2.05, 4.69) is 15.9 Å². The fraction of sp³-hybridized carbons (Fsp3) is 0.545. The van der Waals surface area contributed by atoms with Crippen molar-refractivity contribution in [1.29, 1.82) is 0 Å². The van der Waals surface area contributed by atoms with Crippen molar-refractivity contribution in [3.8, 4) is 0 Å². The molecule has 6 nitrogen and oxygen atoms in total. The first-order valence-corrected chi connectivity index (χ1v) is 11.7. The van der Waals surface area contributed by atoms with Gasteiger partial charge in [0.15, 0.2) is 0 Å². The summed E-state index contributed by atoms with van der Waals surface area (Å²) >= 11 is 7.32. The Balaban J connectivity index is 1.34. The molecular formula is C22H28ClN3O3S. The molecule has 0 radical (unpaired) electrons. The number of thiazole rings is 1. The number of nitrogens with zero attached hydrogens (tertiary/aromatic N) is 3. The first-order chi connectivity index (χ1) is 14.4. The summed E-state index contributed by atoms with van der Waals surface area (Å²) < 4.78 is 7.38. The highest BCUT2D eigenvalue weighted by atomic mass is 35.5. The zero-order valence-electron chi connectivity index (χ0n) is 17.5. The van der Waals surface area contributed by atoms with Crippen molar-refractivity contribution in [3.05, 3.63) is 49.5 Å². The van der Waals surface area contributed by atoms with Crippen molar-refractivity contribution in [2.75, 3.05) is 31.1 Å². The molecule has 1 saturated heterocycles. The van der Waals surface area contributed by atoms with Crippen LogP contribution in [0.4, 0.5) is 5.69 Å². The highest BCUT2D eigenvalue weighted by molar-refractivity contribution is 7.09. The minimum Gasteiger partial charge on any atom is -0.459 e. The predicted octanol–water partition coefficient (Wildman–Crippen LogP) is 3.47. The van der Waals surface area contributed by atoms with E-state index in [1.165, 1.54) is 15.9 Å². The van der Waals surface area contributed by atoms with Crippen molar-refractivity contribution >= 4 is 34.6 Å². The zero-order chi connectivity index (χ0) is 21.3. The molecule has 2 heterocycles. The fourth-order valence-electron chi connectivity index (χ4n) is 4.55. The lowest BCUT2D eigenvalue weighted by Crippen LogP contribution is -2.53. The summed E-state index contributed by atoms with van der Waals surface area (Å²) in [7, 11) is 0. The van der Waals surface area contributed by atoms with Crippen LogP contribution in [0.25, 0.3) is 0 Å². The van der Waals surface area contributed by atoms with E-state index in [4.69, 9.17) is 16.3 Å². The third-order valence-electron chi connectivity index (χ3n) is 6.32. The normalized spacial score (nSPS) is 22.4. The third kappa shape index (κ3) is 4.58. The van der Waals surface area contributed by atoms with Crippen LogP contribution in [0.15, 0.2) is 29.1 Å². The maximum atomic E-state index is 12.6. The number of halogens is 1. The fourth-order valence-corrected chi connectivity index (χ4v) is 5.57. The Labute approximate surface area is 186 Å². The molecule has 1 aliphatic heterocycles. The molecular weight excluding hydrogens is 422 g/mol. The van der Waals surface area contributed by atoms with Crippen LogP contribution in [0, 0.1) is 13.8 Å². The Hall–Kier alpha value is -1.83. The van der Waals surface area contributed by atoms with Crippen LogP contribution < -0.4 is 9.77 Å². The molecule has 1 aromatic carbocycles. The summed E-state index contributed by atoms with van der Waals surface area (Å²) in [4.78, 5) is 30.3. The van der Waals surface area contributed by atoms with Crippen LogP contribution in [0.3, 0.4) is 0 Å². The standard InChI is InChI=1S/C22H28ClN3O3S/c1-15-16(2)30-22(28)26(15)14-21(27)29-20-8-4-7-19(20)25-11-9-24(10-12-25)18-6-3-5-17(23)13-18/h3,5-6,13,19-20H,4,7-12,14H2,1-2H3. The molecule has 0 N–H and O–H groups in total. The van der Waals surface area contributed by atoms with Gasteiger partial charge in [-0.15, -0.1) is 0 Å². The van der Waals surface area contributed by atoms with Crippen LogP contribution in [-0.2, 0) is 16.1 Å². The van der Waals surface area contributed by atoms with E-state index >= 15 is 0 Å². The lowest BCUT2D eigenvalue weighted by Gasteiger charge is -2.40. The molecule has 2 aliphatic rings. The molecule has 1 saturated carbocycles. The maximum Gasteiger partial charge on any atom is 0.326 e. The Morgan fingerprint density at radius 3 is 2.63 bits per heavy atom. The Morgan fingerprint density at radius 1 is 1.20 bits per heavy atom. The van der Waals surface area contributed by atoms with Gasteiger partial charge >= 0.3 is 10.8 Å². The molecule has 2 atom stereocenters. The third-order valence-corrected chi connectivity index (χ3v) is 7.55. The van der Waals surface area contributed by atoms with Gasteiger partial charge in [0.2, 0.25) is 0 Å². The van der Waals surface area contributed by atoms with Crippen LogP contribution in [-0.4, -0.2) is 53.8 Å². The largest absolute Gasteiger partial charge is 0.459 e. The lowest BCUT2D eigenvalue weighted by atomic mass is 10.1. The van der Waals surface area contributed by atoms with Crippen molar-refractivity contribution in [3.63, 3.8) is 0 Å². The Morgan fingerprint density at radius 2 is 1.97 bits per heavy atom. The summed E-state index contributed by atoms with van der Waals surface area (Å²) in [5, 5.41) is 0.757. The number of benzene rings is 1. The molecule has 4 rings (SSSR count). The molecule has 2 fully saturated rings. The minimum atomic E-state index is -0.313. The molecule has 2 aromatic rings. The van der Waals surface area contributed by atoms with Gasteiger partial charge < -0.3 is 9.64 Å². The number of anilines is 1. The van der Waals surface area contributed by atoms with Gasteiger partial charge in [-0.05, 0) is 51.3 Å². The van der Waals surface area contributed by atoms with Gasteiger partial charge in [0.1, 0.15) is 12.6 Å². The number of hydrogen-bond acceptors (Lipinski definition) is 6. The number of esters is 1. The average molecular weight is 450 g/mol. The smallest absolute Gasteiger partial charge is 0.326 e. The minimum absolute atomic E-state index is 0.000765. The molecule has 1 aliphatic carbocycles. The van der Waals surface area contributed by atoms with Crippen LogP contribution in [0.5, 0.6) is 0 Å². The van der Waals surface area contributed by atoms with Crippen molar-refractivity contribution < 1.29 is 9.53 Å². The Kier molecular flexibility index (Phi) is 6.51. The van der Waals surface area contributed by atoms with Crippen LogP contribution >= 0.6 is 22.9 Å². The number of aromatic nitrogens is 1. The number of rotatable bonds is 5. The van der Waals surface area contributed by atoms with Gasteiger partial charge in [0, 0.05) is 53.5 Å². The number of ether oxygens (including phenoxy) is 1. The molecule has 0 bridgehead atoms. The zero-order valence-corrected chi connectivity index (χ0v) is 19.0. The molecule has 162 valence electrons. The average Bonchev–Trinajstić information content (AvgIpc) is 3.28. The number of carbonyl (C=O) groups excluding carboxylic acids is 1. The summed E-state index contributed by atoms with van der Waals surface area (Å²) in [5.74, 6) is -0.313. The van der Waals surface area contributed by atoms with E-state index in [1.54, 1.807) is 0 Å². The lowest BCUT2D eigenvalue weighted by molar-refractivity contribution is -0.152. The van der Waals surface area contributed by atoms with E-state index in [9.17, 15) is 9.59 Å². The summed E-state index contributed by atoms with van der Waals surface area (Å²) in [5.41, 5.74) is 2.01. The molecule has 1 aromatic heterocycles. The van der Waals surface area contributed by atoms with E-state index in [1.807, 2.05) is 32.0 Å². The van der Waals surface area contributed by atoms with Crippen molar-refractivity contribution in [2.45, 2.75) is 51.8 Å². The first-order valence-electron chi connectivity index (χ1n) is 10.5. The first kappa shape index (κ1) is 21.4. The van der Waals surface area contributed by atoms with Gasteiger partial charge in [0.05, 0.1) is 0 Å². The second-order valence-electron chi connectivity index (χ2n) is 8.13. The van der Waals surface area contributed by atoms with Gasteiger partial charge in [-0.25, -0.2) is 0 Å². The molecule has 2 unspecified atom stereocenters. The SMILES string of the molecule is Cc1sc(=O)n(CC(=O)OC2CCCC2N2CCN(c3cccc(Cl)c3)CC2)c1C. The van der Waals surface area contributed by atoms with Gasteiger partial charge in [-0.2, -0.15) is 0 Å². The second kappa shape index (κ2) is 9.12. The van der Waals surface area contributed by atoms with E-state index in [-0.39, 0.29) is 29.5 Å². The van der Waals surface area contributed by atoms with Gasteiger partial charge in [0.25, 0.3) is 0 Å². The number of hydrogen-bond donors (Lipinski definition) is 0. The van der Waals surface area contributed by atoms with Crippen molar-refractivity contribution in [1.82, 2.24) is 9.47 Å².